The number of fused-ring (bicyclic) bond motifs is 1. The number of nitrogens with zero attached hydrogens (tertiary/aromatic N) is 1. The molecule has 4 rings (SSSR count). The molecule has 0 aliphatic heterocycles. The number of amides is 2. The van der Waals surface area contributed by atoms with Crippen LogP contribution in [0.2, 0.25) is 0 Å². The molecule has 0 spiro atoms. The molecule has 164 valence electrons. The summed E-state index contributed by atoms with van der Waals surface area (Å²) >= 11 is 1.28. The molecular weight excluding hydrogens is 434 g/mol. The van der Waals surface area contributed by atoms with Crippen LogP contribution >= 0.6 is 11.3 Å². The van der Waals surface area contributed by atoms with Gasteiger partial charge in [-0.1, -0.05) is 0 Å². The van der Waals surface area contributed by atoms with Gasteiger partial charge in [0.05, 0.1) is 25.6 Å². The number of benzene rings is 1. The number of thiazole rings is 1. The molecule has 0 aliphatic rings. The molecule has 4 aromatic rings. The second-order valence-corrected chi connectivity index (χ2v) is 7.75. The summed E-state index contributed by atoms with van der Waals surface area (Å²) in [5.74, 6) is 0.565. The van der Waals surface area contributed by atoms with E-state index in [9.17, 15) is 14.4 Å². The van der Waals surface area contributed by atoms with Crippen molar-refractivity contribution in [2.75, 3.05) is 19.0 Å². The van der Waals surface area contributed by atoms with Crippen LogP contribution in [0.3, 0.4) is 0 Å². The van der Waals surface area contributed by atoms with Crippen molar-refractivity contribution in [3.8, 4) is 17.1 Å². The number of methoxy groups -OCH3 is 1. The zero-order chi connectivity index (χ0) is 22.7. The maximum Gasteiger partial charge on any atom is 0.245 e. The van der Waals surface area contributed by atoms with Gasteiger partial charge in [0.15, 0.2) is 10.7 Å². The highest BCUT2D eigenvalue weighted by atomic mass is 32.1. The predicted molar refractivity (Wildman–Crippen MR) is 119 cm³/mol. The highest BCUT2D eigenvalue weighted by Crippen LogP contribution is 2.34. The summed E-state index contributed by atoms with van der Waals surface area (Å²) < 4.78 is 16.7. The van der Waals surface area contributed by atoms with E-state index in [0.717, 1.165) is 0 Å². The first-order valence-electron chi connectivity index (χ1n) is 9.61. The number of ether oxygens (including phenoxy) is 1. The number of carbonyl (C=O) groups excluding carboxylic acids is 2. The number of nitrogens with one attached hydrogen (secondary N) is 2. The molecule has 0 unspecified atom stereocenters. The Kier molecular flexibility index (Phi) is 6.04. The number of aromatic nitrogens is 1. The van der Waals surface area contributed by atoms with E-state index in [-0.39, 0.29) is 29.6 Å². The molecule has 1 aromatic carbocycles. The van der Waals surface area contributed by atoms with Crippen LogP contribution in [0.25, 0.3) is 22.5 Å². The van der Waals surface area contributed by atoms with Gasteiger partial charge < -0.3 is 24.2 Å². The van der Waals surface area contributed by atoms with Gasteiger partial charge in [-0.15, -0.1) is 11.3 Å². The van der Waals surface area contributed by atoms with E-state index in [4.69, 9.17) is 13.6 Å². The molecule has 10 heteroatoms. The topological polar surface area (TPSA) is 124 Å². The number of hydrogen-bond acceptors (Lipinski definition) is 8. The maximum absolute atomic E-state index is 12.6. The molecule has 9 nitrogen and oxygen atoms in total. The van der Waals surface area contributed by atoms with Crippen molar-refractivity contribution in [1.82, 2.24) is 10.3 Å². The second kappa shape index (κ2) is 9.06. The quantitative estimate of drug-likeness (QED) is 0.441. The van der Waals surface area contributed by atoms with Gasteiger partial charge in [0, 0.05) is 23.2 Å². The average Bonchev–Trinajstić information content (AvgIpc) is 3.41. The first-order chi connectivity index (χ1) is 15.4. The molecule has 0 radical (unpaired) electrons. The van der Waals surface area contributed by atoms with Crippen LogP contribution in [0.15, 0.2) is 55.5 Å². The molecule has 2 N–H and O–H groups in total. The van der Waals surface area contributed by atoms with Gasteiger partial charge in [-0.05, 0) is 31.2 Å². The van der Waals surface area contributed by atoms with Crippen molar-refractivity contribution in [2.24, 2.45) is 0 Å². The highest BCUT2D eigenvalue weighted by molar-refractivity contribution is 7.13. The van der Waals surface area contributed by atoms with Gasteiger partial charge in [0.2, 0.25) is 22.8 Å². The Hall–Kier alpha value is -3.92. The lowest BCUT2D eigenvalue weighted by molar-refractivity contribution is -0.123. The van der Waals surface area contributed by atoms with E-state index in [2.05, 4.69) is 15.6 Å². The van der Waals surface area contributed by atoms with E-state index in [1.165, 1.54) is 17.4 Å². The minimum Gasteiger partial charge on any atom is -0.497 e. The van der Waals surface area contributed by atoms with Crippen molar-refractivity contribution in [3.05, 3.63) is 63.5 Å². The van der Waals surface area contributed by atoms with Crippen molar-refractivity contribution >= 4 is 39.4 Å². The van der Waals surface area contributed by atoms with E-state index in [0.29, 0.717) is 33.5 Å². The van der Waals surface area contributed by atoms with Crippen molar-refractivity contribution in [2.45, 2.75) is 13.3 Å². The van der Waals surface area contributed by atoms with Gasteiger partial charge in [-0.3, -0.25) is 14.4 Å². The molecule has 0 saturated heterocycles. The lowest BCUT2D eigenvalue weighted by Gasteiger charge is -2.06. The fourth-order valence-corrected chi connectivity index (χ4v) is 3.69. The second-order valence-electron chi connectivity index (χ2n) is 6.86. The molecule has 3 aromatic heterocycles. The SMILES string of the molecule is COc1ccc(-c2oc3c(=O)cc(C)oc3c2CC(=O)NCC(=O)Nc2nccs2)cc1. The lowest BCUT2D eigenvalue weighted by atomic mass is 10.1. The van der Waals surface area contributed by atoms with Gasteiger partial charge in [0.1, 0.15) is 17.3 Å². The Morgan fingerprint density at radius 3 is 2.59 bits per heavy atom. The molecular formula is C22H19N3O6S. The lowest BCUT2D eigenvalue weighted by Crippen LogP contribution is -2.33. The van der Waals surface area contributed by atoms with E-state index in [1.54, 1.807) is 49.9 Å². The molecule has 0 saturated carbocycles. The summed E-state index contributed by atoms with van der Waals surface area (Å²) in [6, 6.07) is 8.34. The minimum atomic E-state index is -0.430. The standard InChI is InChI=1S/C22H19N3O6S/c1-12-9-16(26)21-20(30-12)15(19(31-21)13-3-5-14(29-2)6-4-13)10-17(27)24-11-18(28)25-22-23-7-8-32-22/h3-9H,10-11H2,1-2H3,(H,24,27)(H,23,25,28). The van der Waals surface area contributed by atoms with Crippen LogP contribution in [0.5, 0.6) is 5.75 Å². The third-order valence-corrected chi connectivity index (χ3v) is 5.28. The predicted octanol–water partition coefficient (Wildman–Crippen LogP) is 3.12. The van der Waals surface area contributed by atoms with Gasteiger partial charge in [-0.25, -0.2) is 4.98 Å². The first kappa shape index (κ1) is 21.3. The fraction of sp³-hybridized carbons (Fsp3) is 0.182. The third kappa shape index (κ3) is 4.54. The number of aryl methyl sites for hydroxylation is 1. The molecule has 0 atom stereocenters. The number of carbonyl (C=O) groups is 2. The molecule has 3 heterocycles. The summed E-state index contributed by atoms with van der Waals surface area (Å²) in [4.78, 5) is 41.0. The first-order valence-corrected chi connectivity index (χ1v) is 10.5. The van der Waals surface area contributed by atoms with Gasteiger partial charge >= 0.3 is 0 Å². The number of hydrogen-bond donors (Lipinski definition) is 2. The van der Waals surface area contributed by atoms with E-state index >= 15 is 0 Å². The smallest absolute Gasteiger partial charge is 0.245 e. The summed E-state index contributed by atoms with van der Waals surface area (Å²) in [7, 11) is 1.56. The third-order valence-electron chi connectivity index (χ3n) is 4.59. The zero-order valence-corrected chi connectivity index (χ0v) is 18.1. The maximum atomic E-state index is 12.6. The van der Waals surface area contributed by atoms with Crippen LogP contribution in [-0.4, -0.2) is 30.5 Å². The van der Waals surface area contributed by atoms with Crippen LogP contribution in [0, 0.1) is 6.92 Å². The minimum absolute atomic E-state index is 0.0331. The molecule has 0 aliphatic carbocycles. The highest BCUT2D eigenvalue weighted by Gasteiger charge is 2.23. The number of rotatable bonds is 7. The van der Waals surface area contributed by atoms with Crippen molar-refractivity contribution < 1.29 is 23.2 Å². The molecule has 32 heavy (non-hydrogen) atoms. The molecule has 2 amide bonds. The van der Waals surface area contributed by atoms with E-state index in [1.807, 2.05) is 0 Å². The van der Waals surface area contributed by atoms with Crippen LogP contribution in [-0.2, 0) is 16.0 Å². The largest absolute Gasteiger partial charge is 0.497 e. The number of furan rings is 1. The summed E-state index contributed by atoms with van der Waals surface area (Å²) in [5, 5.41) is 7.34. The molecule has 0 bridgehead atoms. The Morgan fingerprint density at radius 2 is 1.91 bits per heavy atom. The Morgan fingerprint density at radius 1 is 1.12 bits per heavy atom. The molecule has 0 fully saturated rings. The van der Waals surface area contributed by atoms with Gasteiger partial charge in [0.25, 0.3) is 0 Å². The van der Waals surface area contributed by atoms with Crippen molar-refractivity contribution in [1.29, 1.82) is 0 Å². The van der Waals surface area contributed by atoms with Crippen molar-refractivity contribution in [3.63, 3.8) is 0 Å². The summed E-state index contributed by atoms with van der Waals surface area (Å²) in [6.07, 6.45) is 1.42. The van der Waals surface area contributed by atoms with Crippen LogP contribution in [0.1, 0.15) is 11.3 Å². The fourth-order valence-electron chi connectivity index (χ4n) is 3.15. The Balaban J connectivity index is 1.60. The Labute approximate surface area is 186 Å². The van der Waals surface area contributed by atoms with Crippen LogP contribution in [0.4, 0.5) is 5.13 Å². The Bertz CT molecular complexity index is 1320. The van der Waals surface area contributed by atoms with E-state index < -0.39 is 11.8 Å². The zero-order valence-electron chi connectivity index (χ0n) is 17.3. The van der Waals surface area contributed by atoms with Crippen LogP contribution < -0.4 is 20.8 Å². The average molecular weight is 453 g/mol. The summed E-state index contributed by atoms with van der Waals surface area (Å²) in [6.45, 7) is 1.42. The van der Waals surface area contributed by atoms with Gasteiger partial charge in [-0.2, -0.15) is 0 Å². The monoisotopic (exact) mass is 453 g/mol. The number of anilines is 1. The normalized spacial score (nSPS) is 10.8. The summed E-state index contributed by atoms with van der Waals surface area (Å²) in [5.41, 5.74) is 0.976.